The zero-order valence-corrected chi connectivity index (χ0v) is 20.9. The number of carbonyl (C=O) groups is 2. The van der Waals surface area contributed by atoms with Crippen LogP contribution in [0.15, 0.2) is 48.5 Å². The lowest BCUT2D eigenvalue weighted by molar-refractivity contribution is 0.0997. The summed E-state index contributed by atoms with van der Waals surface area (Å²) in [6.07, 6.45) is 0.928. The van der Waals surface area contributed by atoms with Gasteiger partial charge in [-0.1, -0.05) is 11.3 Å². The van der Waals surface area contributed by atoms with Crippen LogP contribution in [0.1, 0.15) is 20.8 Å². The first-order valence-electron chi connectivity index (χ1n) is 9.66. The molecule has 0 aliphatic rings. The number of aromatic nitrogens is 1. The molecule has 3 aromatic rings. The third kappa shape index (κ3) is 6.98. The molecule has 1 heterocycles. The van der Waals surface area contributed by atoms with Crippen molar-refractivity contribution in [1.82, 2.24) is 4.98 Å². The van der Waals surface area contributed by atoms with Gasteiger partial charge in [0.25, 0.3) is 23.1 Å². The smallest absolute Gasteiger partial charge is 0.270 e. The topological polar surface area (TPSA) is 181 Å². The fraction of sp³-hybridized carbons (Fsp3) is 0.150. The van der Waals surface area contributed by atoms with Gasteiger partial charge in [0.1, 0.15) is 16.6 Å². The Balaban J connectivity index is 1.78. The molecular weight excluding hydrogens is 518 g/mol. The Labute approximate surface area is 207 Å². The number of thiazole rings is 1. The van der Waals surface area contributed by atoms with Crippen LogP contribution < -0.4 is 25.4 Å². The van der Waals surface area contributed by atoms with Gasteiger partial charge in [0.2, 0.25) is 0 Å². The van der Waals surface area contributed by atoms with Crippen LogP contribution in [-0.2, 0) is 21.1 Å². The number of benzene rings is 2. The van der Waals surface area contributed by atoms with E-state index in [1.165, 1.54) is 24.3 Å². The van der Waals surface area contributed by atoms with Gasteiger partial charge in [-0.15, -0.1) is 0 Å². The van der Waals surface area contributed by atoms with E-state index in [0.717, 1.165) is 21.9 Å². The molecule has 1 aromatic heterocycles. The molecule has 3 rings (SSSR count). The SMILES string of the molecule is COc1ccc(Nc2nc(C(N)=O)c(NC(=O)c3ccc(N(CS(C)(=O)=O)S(=O)O)cc3)s2)cc1. The maximum absolute atomic E-state index is 12.7. The first-order chi connectivity index (χ1) is 16.5. The Morgan fingerprint density at radius 1 is 1.17 bits per heavy atom. The molecule has 1 unspecified atom stereocenters. The average Bonchev–Trinajstić information content (AvgIpc) is 3.19. The van der Waals surface area contributed by atoms with Gasteiger partial charge in [-0.2, -0.15) is 0 Å². The molecule has 0 aliphatic heterocycles. The Hall–Kier alpha value is -3.53. The number of methoxy groups -OCH3 is 1. The van der Waals surface area contributed by atoms with Gasteiger partial charge in [-0.05, 0) is 48.5 Å². The Morgan fingerprint density at radius 2 is 1.80 bits per heavy atom. The summed E-state index contributed by atoms with van der Waals surface area (Å²) >= 11 is -1.59. The van der Waals surface area contributed by atoms with E-state index in [2.05, 4.69) is 15.6 Å². The van der Waals surface area contributed by atoms with Crippen LogP contribution in [0.2, 0.25) is 0 Å². The van der Waals surface area contributed by atoms with E-state index in [1.807, 2.05) is 0 Å². The summed E-state index contributed by atoms with van der Waals surface area (Å²) in [5.41, 5.74) is 6.21. The molecule has 0 saturated heterocycles. The molecule has 186 valence electrons. The number of sulfone groups is 1. The monoisotopic (exact) mass is 539 g/mol. The predicted molar refractivity (Wildman–Crippen MR) is 134 cm³/mol. The summed E-state index contributed by atoms with van der Waals surface area (Å²) < 4.78 is 49.9. The summed E-state index contributed by atoms with van der Waals surface area (Å²) in [7, 11) is -2.04. The molecule has 0 aliphatic carbocycles. The number of hydrogen-bond acceptors (Lipinski definition) is 9. The average molecular weight is 540 g/mol. The number of rotatable bonds is 10. The van der Waals surface area contributed by atoms with Crippen molar-refractivity contribution in [2.75, 3.05) is 34.2 Å². The molecule has 35 heavy (non-hydrogen) atoms. The minimum atomic E-state index is -3.59. The van der Waals surface area contributed by atoms with Crippen LogP contribution in [0.4, 0.5) is 21.5 Å². The van der Waals surface area contributed by atoms with Crippen LogP contribution in [0, 0.1) is 0 Å². The van der Waals surface area contributed by atoms with Crippen LogP contribution in [0.5, 0.6) is 5.75 Å². The number of nitrogens with two attached hydrogens (primary N) is 1. The molecule has 2 aromatic carbocycles. The summed E-state index contributed by atoms with van der Waals surface area (Å²) in [6, 6.07) is 12.3. The molecule has 1 atom stereocenters. The van der Waals surface area contributed by atoms with Crippen LogP contribution in [0.25, 0.3) is 0 Å². The molecular formula is C20H21N5O7S3. The van der Waals surface area contributed by atoms with E-state index in [1.54, 1.807) is 31.4 Å². The lowest BCUT2D eigenvalue weighted by Crippen LogP contribution is -2.30. The summed E-state index contributed by atoms with van der Waals surface area (Å²) in [5.74, 6) is -1.46. The summed E-state index contributed by atoms with van der Waals surface area (Å²) in [5, 5.41) is 6.04. The third-order valence-electron chi connectivity index (χ3n) is 4.39. The molecule has 15 heteroatoms. The molecule has 0 spiro atoms. The van der Waals surface area contributed by atoms with Crippen molar-refractivity contribution in [3.63, 3.8) is 0 Å². The number of primary amides is 1. The molecule has 2 amide bonds. The second-order valence-electron chi connectivity index (χ2n) is 7.08. The van der Waals surface area contributed by atoms with E-state index in [-0.39, 0.29) is 21.9 Å². The fourth-order valence-corrected chi connectivity index (χ4v) is 5.50. The molecule has 0 fully saturated rings. The van der Waals surface area contributed by atoms with Gasteiger partial charge in [0.15, 0.2) is 20.7 Å². The van der Waals surface area contributed by atoms with Crippen LogP contribution in [-0.4, -0.2) is 53.2 Å². The molecule has 5 N–H and O–H groups in total. The van der Waals surface area contributed by atoms with Crippen LogP contribution >= 0.6 is 11.3 Å². The quantitative estimate of drug-likeness (QED) is 0.281. The van der Waals surface area contributed by atoms with Crippen molar-refractivity contribution in [3.05, 3.63) is 59.8 Å². The Kier molecular flexibility index (Phi) is 8.06. The van der Waals surface area contributed by atoms with Crippen molar-refractivity contribution >= 4 is 65.8 Å². The van der Waals surface area contributed by atoms with Crippen molar-refractivity contribution in [2.45, 2.75) is 0 Å². The maximum atomic E-state index is 12.7. The highest BCUT2D eigenvalue weighted by Gasteiger charge is 2.21. The van der Waals surface area contributed by atoms with E-state index in [0.29, 0.717) is 16.6 Å². The zero-order valence-electron chi connectivity index (χ0n) is 18.4. The lowest BCUT2D eigenvalue weighted by atomic mass is 10.2. The zero-order chi connectivity index (χ0) is 25.8. The van der Waals surface area contributed by atoms with Gasteiger partial charge in [-0.25, -0.2) is 17.6 Å². The van der Waals surface area contributed by atoms with Crippen LogP contribution in [0.3, 0.4) is 0 Å². The Morgan fingerprint density at radius 3 is 2.31 bits per heavy atom. The van der Waals surface area contributed by atoms with Crippen molar-refractivity contribution in [1.29, 1.82) is 0 Å². The van der Waals surface area contributed by atoms with Crippen molar-refractivity contribution in [2.24, 2.45) is 5.73 Å². The summed E-state index contributed by atoms with van der Waals surface area (Å²) in [4.78, 5) is 28.7. The number of ether oxygens (including phenoxy) is 1. The van der Waals surface area contributed by atoms with Crippen molar-refractivity contribution in [3.8, 4) is 5.75 Å². The van der Waals surface area contributed by atoms with E-state index in [4.69, 9.17) is 10.5 Å². The number of amides is 2. The number of carbonyl (C=O) groups excluding carboxylic acids is 2. The predicted octanol–water partition coefficient (Wildman–Crippen LogP) is 2.19. The number of hydrogen-bond donors (Lipinski definition) is 4. The first-order valence-corrected chi connectivity index (χ1v) is 13.6. The number of anilines is 4. The third-order valence-corrected chi connectivity index (χ3v) is 6.88. The second-order valence-corrected chi connectivity index (χ2v) is 11.1. The van der Waals surface area contributed by atoms with Gasteiger partial charge in [0, 0.05) is 17.5 Å². The maximum Gasteiger partial charge on any atom is 0.270 e. The van der Waals surface area contributed by atoms with Crippen molar-refractivity contribution < 1.29 is 31.5 Å². The second kappa shape index (κ2) is 10.8. The van der Waals surface area contributed by atoms with Gasteiger partial charge in [0.05, 0.1) is 12.8 Å². The van der Waals surface area contributed by atoms with E-state index in [9.17, 15) is 26.8 Å². The molecule has 0 saturated carbocycles. The minimum absolute atomic E-state index is 0.120. The first kappa shape index (κ1) is 26.1. The van der Waals surface area contributed by atoms with Gasteiger partial charge in [-0.3, -0.25) is 18.4 Å². The summed E-state index contributed by atoms with van der Waals surface area (Å²) in [6.45, 7) is 0. The number of nitrogens with zero attached hydrogens (tertiary/aromatic N) is 2. The normalized spacial score (nSPS) is 12.0. The lowest BCUT2D eigenvalue weighted by Gasteiger charge is -2.18. The van der Waals surface area contributed by atoms with E-state index < -0.39 is 38.8 Å². The highest BCUT2D eigenvalue weighted by molar-refractivity contribution is 7.92. The molecule has 0 radical (unpaired) electrons. The van der Waals surface area contributed by atoms with E-state index >= 15 is 0 Å². The Bertz CT molecular complexity index is 1360. The highest BCUT2D eigenvalue weighted by Crippen LogP contribution is 2.31. The molecule has 0 bridgehead atoms. The standard InChI is InChI=1S/C20H21N5O7S3/c1-32-15-9-5-13(6-10-15)22-20-23-16(17(21)26)19(33-20)24-18(27)12-3-7-14(8-4-12)25(34(28)29)11-35(2,30)31/h3-10H,11H2,1-2H3,(H2,21,26)(H,22,23)(H,24,27)(H,28,29). The highest BCUT2D eigenvalue weighted by atomic mass is 32.2. The largest absolute Gasteiger partial charge is 0.497 e. The fourth-order valence-electron chi connectivity index (χ4n) is 2.80. The van der Waals surface area contributed by atoms with Gasteiger partial charge < -0.3 is 21.1 Å². The minimum Gasteiger partial charge on any atom is -0.497 e. The number of nitrogens with one attached hydrogen (secondary N) is 2. The molecule has 12 nitrogen and oxygen atoms in total. The van der Waals surface area contributed by atoms with Gasteiger partial charge >= 0.3 is 0 Å².